The molecular formula is C17H14N4O4S. The molecule has 0 saturated heterocycles. The van der Waals surface area contributed by atoms with Gasteiger partial charge in [-0.25, -0.2) is 4.68 Å². The van der Waals surface area contributed by atoms with Gasteiger partial charge in [-0.2, -0.15) is 5.10 Å². The maximum absolute atomic E-state index is 12.5. The van der Waals surface area contributed by atoms with Crippen molar-refractivity contribution < 1.29 is 9.72 Å². The fourth-order valence-electron chi connectivity index (χ4n) is 2.35. The molecule has 9 heteroatoms. The smallest absolute Gasteiger partial charge is 0.292 e. The van der Waals surface area contributed by atoms with Gasteiger partial charge in [0.1, 0.15) is 17.4 Å². The molecule has 1 aromatic carbocycles. The van der Waals surface area contributed by atoms with Gasteiger partial charge in [-0.15, -0.1) is 11.3 Å². The number of amides is 1. The molecule has 0 spiro atoms. The van der Waals surface area contributed by atoms with Crippen LogP contribution < -0.4 is 10.9 Å². The number of para-hydroxylation sites is 2. The molecule has 1 N–H and O–H groups in total. The van der Waals surface area contributed by atoms with Crippen LogP contribution in [0.5, 0.6) is 0 Å². The standard InChI is InChI=1S/C17H14N4O4S/c1-11(17(23)18-12-5-2-3-6-14(12)21(24)25)20-16(22)9-8-13(19-20)15-7-4-10-26-15/h2-11H,1H3,(H,18,23). The van der Waals surface area contributed by atoms with Crippen molar-refractivity contribution in [3.05, 3.63) is 74.4 Å². The van der Waals surface area contributed by atoms with Crippen LogP contribution in [0.3, 0.4) is 0 Å². The lowest BCUT2D eigenvalue weighted by atomic mass is 10.2. The lowest BCUT2D eigenvalue weighted by molar-refractivity contribution is -0.383. The van der Waals surface area contributed by atoms with Crippen LogP contribution in [0, 0.1) is 10.1 Å². The molecule has 0 aliphatic heterocycles. The summed E-state index contributed by atoms with van der Waals surface area (Å²) in [7, 11) is 0. The molecule has 132 valence electrons. The largest absolute Gasteiger partial charge is 0.319 e. The minimum Gasteiger partial charge on any atom is -0.319 e. The highest BCUT2D eigenvalue weighted by atomic mass is 32.1. The zero-order chi connectivity index (χ0) is 18.7. The van der Waals surface area contributed by atoms with E-state index in [0.29, 0.717) is 5.69 Å². The Morgan fingerprint density at radius 2 is 2.00 bits per heavy atom. The number of thiophene rings is 1. The van der Waals surface area contributed by atoms with E-state index in [9.17, 15) is 19.7 Å². The minimum atomic E-state index is -0.942. The summed E-state index contributed by atoms with van der Waals surface area (Å²) in [6.07, 6.45) is 0. The van der Waals surface area contributed by atoms with Crippen LogP contribution in [0.1, 0.15) is 13.0 Å². The van der Waals surface area contributed by atoms with Crippen LogP contribution in [-0.4, -0.2) is 20.6 Å². The van der Waals surface area contributed by atoms with Gasteiger partial charge in [-0.1, -0.05) is 18.2 Å². The molecule has 0 bridgehead atoms. The number of carbonyl (C=O) groups is 1. The fourth-order valence-corrected chi connectivity index (χ4v) is 3.04. The highest BCUT2D eigenvalue weighted by Gasteiger charge is 2.21. The van der Waals surface area contributed by atoms with Gasteiger partial charge in [0.15, 0.2) is 0 Å². The van der Waals surface area contributed by atoms with Gasteiger partial charge in [-0.05, 0) is 30.5 Å². The number of anilines is 1. The number of hydrogen-bond acceptors (Lipinski definition) is 6. The molecule has 8 nitrogen and oxygen atoms in total. The Bertz CT molecular complexity index is 1010. The topological polar surface area (TPSA) is 107 Å². The fraction of sp³-hybridized carbons (Fsp3) is 0.118. The van der Waals surface area contributed by atoms with E-state index in [-0.39, 0.29) is 11.4 Å². The van der Waals surface area contributed by atoms with Gasteiger partial charge in [-0.3, -0.25) is 19.7 Å². The Morgan fingerprint density at radius 3 is 2.69 bits per heavy atom. The number of nitrogens with zero attached hydrogens (tertiary/aromatic N) is 3. The van der Waals surface area contributed by atoms with Crippen LogP contribution in [0.15, 0.2) is 58.7 Å². The third kappa shape index (κ3) is 3.52. The van der Waals surface area contributed by atoms with E-state index in [1.807, 2.05) is 17.5 Å². The number of benzene rings is 1. The van der Waals surface area contributed by atoms with Crippen molar-refractivity contribution in [1.82, 2.24) is 9.78 Å². The van der Waals surface area contributed by atoms with E-state index in [2.05, 4.69) is 10.4 Å². The van der Waals surface area contributed by atoms with Gasteiger partial charge in [0, 0.05) is 12.1 Å². The van der Waals surface area contributed by atoms with E-state index < -0.39 is 22.4 Å². The molecule has 1 unspecified atom stereocenters. The second-order valence-corrected chi connectivity index (χ2v) is 6.37. The molecule has 1 atom stereocenters. The highest BCUT2D eigenvalue weighted by Crippen LogP contribution is 2.25. The van der Waals surface area contributed by atoms with Crippen LogP contribution >= 0.6 is 11.3 Å². The van der Waals surface area contributed by atoms with E-state index in [1.165, 1.54) is 42.5 Å². The molecule has 2 heterocycles. The molecule has 1 amide bonds. The van der Waals surface area contributed by atoms with E-state index in [4.69, 9.17) is 0 Å². The summed E-state index contributed by atoms with van der Waals surface area (Å²) in [5, 5.41) is 19.7. The van der Waals surface area contributed by atoms with Crippen LogP contribution in [0.25, 0.3) is 10.6 Å². The lowest BCUT2D eigenvalue weighted by Gasteiger charge is -2.14. The summed E-state index contributed by atoms with van der Waals surface area (Å²) in [6.45, 7) is 1.51. The van der Waals surface area contributed by atoms with Crippen LogP contribution in [0.4, 0.5) is 11.4 Å². The van der Waals surface area contributed by atoms with Crippen LogP contribution in [0.2, 0.25) is 0 Å². The predicted molar refractivity (Wildman–Crippen MR) is 98.2 cm³/mol. The molecule has 26 heavy (non-hydrogen) atoms. The van der Waals surface area contributed by atoms with Crippen molar-refractivity contribution in [3.63, 3.8) is 0 Å². The number of aromatic nitrogens is 2. The lowest BCUT2D eigenvalue weighted by Crippen LogP contribution is -2.33. The summed E-state index contributed by atoms with van der Waals surface area (Å²) >= 11 is 1.47. The van der Waals surface area contributed by atoms with Gasteiger partial charge in [0.05, 0.1) is 9.80 Å². The van der Waals surface area contributed by atoms with Crippen LogP contribution in [-0.2, 0) is 4.79 Å². The summed E-state index contributed by atoms with van der Waals surface area (Å²) in [4.78, 5) is 36.0. The average Bonchev–Trinajstić information content (AvgIpc) is 3.16. The Kier molecular flexibility index (Phi) is 4.90. The Balaban J connectivity index is 1.89. The van der Waals surface area contributed by atoms with Gasteiger partial charge in [0.2, 0.25) is 5.91 Å². The average molecular weight is 370 g/mol. The molecular weight excluding hydrogens is 356 g/mol. The van der Waals surface area contributed by atoms with Crippen molar-refractivity contribution in [2.24, 2.45) is 0 Å². The molecule has 3 aromatic rings. The Morgan fingerprint density at radius 1 is 1.23 bits per heavy atom. The summed E-state index contributed by atoms with van der Waals surface area (Å²) in [6, 6.07) is 11.5. The number of carbonyl (C=O) groups excluding carboxylic acids is 1. The van der Waals surface area contributed by atoms with Crippen molar-refractivity contribution in [2.45, 2.75) is 13.0 Å². The second kappa shape index (κ2) is 7.28. The third-order valence-corrected chi connectivity index (χ3v) is 4.60. The first-order chi connectivity index (χ1) is 12.5. The first-order valence-electron chi connectivity index (χ1n) is 7.65. The van der Waals surface area contributed by atoms with E-state index >= 15 is 0 Å². The SMILES string of the molecule is CC(C(=O)Nc1ccccc1[N+](=O)[O-])n1nc(-c2cccs2)ccc1=O. The third-order valence-electron chi connectivity index (χ3n) is 3.70. The molecule has 2 aromatic heterocycles. The second-order valence-electron chi connectivity index (χ2n) is 5.42. The molecule has 0 aliphatic carbocycles. The Hall–Kier alpha value is -3.33. The summed E-state index contributed by atoms with van der Waals surface area (Å²) < 4.78 is 1.07. The molecule has 0 radical (unpaired) electrons. The van der Waals surface area contributed by atoms with Crippen molar-refractivity contribution in [2.75, 3.05) is 5.32 Å². The number of rotatable bonds is 5. The zero-order valence-electron chi connectivity index (χ0n) is 13.7. The van der Waals surface area contributed by atoms with E-state index in [0.717, 1.165) is 9.56 Å². The van der Waals surface area contributed by atoms with Crippen molar-refractivity contribution in [1.29, 1.82) is 0 Å². The van der Waals surface area contributed by atoms with E-state index in [1.54, 1.807) is 12.1 Å². The van der Waals surface area contributed by atoms with Gasteiger partial charge < -0.3 is 5.32 Å². The maximum Gasteiger partial charge on any atom is 0.292 e. The number of nitro groups is 1. The number of nitro benzene ring substituents is 1. The maximum atomic E-state index is 12.5. The van der Waals surface area contributed by atoms with Crippen molar-refractivity contribution >= 4 is 28.6 Å². The first-order valence-corrected chi connectivity index (χ1v) is 8.53. The normalized spacial score (nSPS) is 11.7. The minimum absolute atomic E-state index is 0.0665. The highest BCUT2D eigenvalue weighted by molar-refractivity contribution is 7.13. The van der Waals surface area contributed by atoms with Gasteiger partial charge >= 0.3 is 0 Å². The monoisotopic (exact) mass is 370 g/mol. The quantitative estimate of drug-likeness (QED) is 0.548. The summed E-state index contributed by atoms with van der Waals surface area (Å²) in [5.74, 6) is -0.572. The Labute approximate surface area is 151 Å². The molecule has 3 rings (SSSR count). The molecule has 0 fully saturated rings. The number of nitrogens with one attached hydrogen (secondary N) is 1. The molecule has 0 aliphatic rings. The summed E-state index contributed by atoms with van der Waals surface area (Å²) in [5.41, 5.74) is -0.0158. The first kappa shape index (κ1) is 17.5. The zero-order valence-corrected chi connectivity index (χ0v) is 14.5. The number of hydrogen-bond donors (Lipinski definition) is 1. The van der Waals surface area contributed by atoms with Crippen molar-refractivity contribution in [3.8, 4) is 10.6 Å². The molecule has 0 saturated carbocycles. The predicted octanol–water partition coefficient (Wildman–Crippen LogP) is 3.08. The van der Waals surface area contributed by atoms with Gasteiger partial charge in [0.25, 0.3) is 11.2 Å².